The van der Waals surface area contributed by atoms with Gasteiger partial charge in [0, 0.05) is 31.2 Å². The third-order valence-electron chi connectivity index (χ3n) is 2.79. The van der Waals surface area contributed by atoms with Crippen LogP contribution in [0.2, 0.25) is 0 Å². The summed E-state index contributed by atoms with van der Waals surface area (Å²) in [7, 11) is 0. The van der Waals surface area contributed by atoms with Crippen LogP contribution >= 0.6 is 0 Å². The molecule has 0 radical (unpaired) electrons. The molecule has 0 amide bonds. The Morgan fingerprint density at radius 1 is 1.50 bits per heavy atom. The average molecular weight is 195 g/mol. The minimum Gasteiger partial charge on any atom is -0.338 e. The van der Waals surface area contributed by atoms with Gasteiger partial charge in [-0.2, -0.15) is 0 Å². The van der Waals surface area contributed by atoms with E-state index in [2.05, 4.69) is 29.2 Å². The number of aromatic nitrogens is 1. The molecule has 2 heterocycles. The first-order valence-electron chi connectivity index (χ1n) is 5.09. The van der Waals surface area contributed by atoms with Crippen molar-refractivity contribution in [2.75, 3.05) is 24.5 Å². The van der Waals surface area contributed by atoms with Crippen LogP contribution < -0.4 is 10.2 Å². The van der Waals surface area contributed by atoms with Crippen molar-refractivity contribution < 1.29 is 4.52 Å². The maximum atomic E-state index is 5.33. The zero-order valence-corrected chi connectivity index (χ0v) is 9.00. The molecule has 1 saturated heterocycles. The fraction of sp³-hybridized carbons (Fsp3) is 0.700. The molecule has 2 rings (SSSR count). The van der Waals surface area contributed by atoms with Crippen LogP contribution in [-0.2, 0) is 0 Å². The van der Waals surface area contributed by atoms with Crippen molar-refractivity contribution in [3.05, 3.63) is 11.3 Å². The zero-order chi connectivity index (χ0) is 10.1. The topological polar surface area (TPSA) is 41.3 Å². The quantitative estimate of drug-likeness (QED) is 0.728. The number of hydrogen-bond donors (Lipinski definition) is 1. The maximum absolute atomic E-state index is 5.33. The summed E-state index contributed by atoms with van der Waals surface area (Å²) in [4.78, 5) is 2.26. The molecule has 14 heavy (non-hydrogen) atoms. The van der Waals surface area contributed by atoms with Gasteiger partial charge in [0.25, 0.3) is 0 Å². The van der Waals surface area contributed by atoms with Crippen molar-refractivity contribution in [2.45, 2.75) is 26.8 Å². The Balaban J connectivity index is 2.18. The van der Waals surface area contributed by atoms with Crippen LogP contribution in [0.25, 0.3) is 0 Å². The monoisotopic (exact) mass is 195 g/mol. The van der Waals surface area contributed by atoms with Crippen molar-refractivity contribution in [1.29, 1.82) is 0 Å². The molecular weight excluding hydrogens is 178 g/mol. The fourth-order valence-corrected chi connectivity index (χ4v) is 1.82. The summed E-state index contributed by atoms with van der Waals surface area (Å²) in [5.74, 6) is 0.941. The standard InChI is InChI=1S/C10H17N3O/c1-7-6-13(5-4-11-7)10-8(2)9(3)12-14-10/h7,11H,4-6H2,1-3H3. The minimum absolute atomic E-state index is 0.522. The first-order valence-corrected chi connectivity index (χ1v) is 5.09. The summed E-state index contributed by atoms with van der Waals surface area (Å²) in [6, 6.07) is 0.522. The summed E-state index contributed by atoms with van der Waals surface area (Å²) < 4.78 is 5.33. The molecule has 0 aliphatic carbocycles. The number of aryl methyl sites for hydroxylation is 1. The Morgan fingerprint density at radius 2 is 2.29 bits per heavy atom. The Hall–Kier alpha value is -1.03. The Labute approximate surface area is 84.3 Å². The van der Waals surface area contributed by atoms with Gasteiger partial charge in [0.1, 0.15) is 0 Å². The molecule has 1 unspecified atom stereocenters. The van der Waals surface area contributed by atoms with Crippen molar-refractivity contribution >= 4 is 5.88 Å². The zero-order valence-electron chi connectivity index (χ0n) is 9.00. The van der Waals surface area contributed by atoms with E-state index in [0.29, 0.717) is 6.04 Å². The predicted molar refractivity (Wildman–Crippen MR) is 55.7 cm³/mol. The van der Waals surface area contributed by atoms with E-state index in [1.165, 1.54) is 5.56 Å². The highest BCUT2D eigenvalue weighted by Crippen LogP contribution is 2.23. The third kappa shape index (κ3) is 1.62. The normalized spacial score (nSPS) is 22.8. The van der Waals surface area contributed by atoms with E-state index in [-0.39, 0.29) is 0 Å². The van der Waals surface area contributed by atoms with E-state index in [0.717, 1.165) is 31.2 Å². The molecule has 0 saturated carbocycles. The van der Waals surface area contributed by atoms with E-state index in [4.69, 9.17) is 4.52 Å². The first kappa shape index (κ1) is 9.52. The Bertz CT molecular complexity index is 321. The number of piperazine rings is 1. The molecule has 1 N–H and O–H groups in total. The van der Waals surface area contributed by atoms with Gasteiger partial charge in [0.15, 0.2) is 0 Å². The minimum atomic E-state index is 0.522. The second kappa shape index (κ2) is 3.61. The first-order chi connectivity index (χ1) is 6.68. The van der Waals surface area contributed by atoms with Crippen LogP contribution in [0, 0.1) is 13.8 Å². The van der Waals surface area contributed by atoms with Crippen LogP contribution in [0.1, 0.15) is 18.2 Å². The highest BCUT2D eigenvalue weighted by Gasteiger charge is 2.21. The Kier molecular flexibility index (Phi) is 2.46. The lowest BCUT2D eigenvalue weighted by molar-refractivity contribution is 0.389. The molecule has 1 fully saturated rings. The molecule has 1 atom stereocenters. The fourth-order valence-electron chi connectivity index (χ4n) is 1.82. The smallest absolute Gasteiger partial charge is 0.230 e. The maximum Gasteiger partial charge on any atom is 0.230 e. The molecule has 4 heteroatoms. The van der Waals surface area contributed by atoms with Gasteiger partial charge in [0.2, 0.25) is 5.88 Å². The van der Waals surface area contributed by atoms with Gasteiger partial charge < -0.3 is 14.7 Å². The van der Waals surface area contributed by atoms with Crippen LogP contribution in [0.5, 0.6) is 0 Å². The summed E-state index contributed by atoms with van der Waals surface area (Å²) in [6.45, 7) is 9.24. The van der Waals surface area contributed by atoms with Gasteiger partial charge in [-0.3, -0.25) is 0 Å². The van der Waals surface area contributed by atoms with Gasteiger partial charge in [-0.05, 0) is 20.8 Å². The second-order valence-electron chi connectivity index (χ2n) is 4.00. The van der Waals surface area contributed by atoms with E-state index in [9.17, 15) is 0 Å². The van der Waals surface area contributed by atoms with Gasteiger partial charge in [-0.1, -0.05) is 5.16 Å². The average Bonchev–Trinajstić information content (AvgIpc) is 2.48. The molecular formula is C10H17N3O. The van der Waals surface area contributed by atoms with Crippen LogP contribution in [-0.4, -0.2) is 30.8 Å². The molecule has 4 nitrogen and oxygen atoms in total. The van der Waals surface area contributed by atoms with Gasteiger partial charge in [-0.25, -0.2) is 0 Å². The molecule has 1 aromatic heterocycles. The van der Waals surface area contributed by atoms with Crippen molar-refractivity contribution in [1.82, 2.24) is 10.5 Å². The van der Waals surface area contributed by atoms with Gasteiger partial charge in [0.05, 0.1) is 5.69 Å². The lowest BCUT2D eigenvalue weighted by Gasteiger charge is -2.31. The summed E-state index contributed by atoms with van der Waals surface area (Å²) in [6.07, 6.45) is 0. The van der Waals surface area contributed by atoms with Crippen LogP contribution in [0.15, 0.2) is 4.52 Å². The Morgan fingerprint density at radius 3 is 2.86 bits per heavy atom. The molecule has 0 spiro atoms. The van der Waals surface area contributed by atoms with Gasteiger partial charge in [-0.15, -0.1) is 0 Å². The summed E-state index contributed by atoms with van der Waals surface area (Å²) in [5.41, 5.74) is 2.16. The highest BCUT2D eigenvalue weighted by atomic mass is 16.5. The second-order valence-corrected chi connectivity index (χ2v) is 4.00. The summed E-state index contributed by atoms with van der Waals surface area (Å²) >= 11 is 0. The molecule has 1 aliphatic rings. The molecule has 1 aromatic rings. The van der Waals surface area contributed by atoms with Crippen LogP contribution in [0.4, 0.5) is 5.88 Å². The van der Waals surface area contributed by atoms with Crippen molar-refractivity contribution in [3.63, 3.8) is 0 Å². The lowest BCUT2D eigenvalue weighted by Crippen LogP contribution is -2.49. The number of rotatable bonds is 1. The van der Waals surface area contributed by atoms with E-state index < -0.39 is 0 Å². The van der Waals surface area contributed by atoms with Crippen LogP contribution in [0.3, 0.4) is 0 Å². The third-order valence-corrected chi connectivity index (χ3v) is 2.79. The lowest BCUT2D eigenvalue weighted by atomic mass is 10.2. The highest BCUT2D eigenvalue weighted by molar-refractivity contribution is 5.45. The van der Waals surface area contributed by atoms with E-state index >= 15 is 0 Å². The molecule has 78 valence electrons. The largest absolute Gasteiger partial charge is 0.338 e. The summed E-state index contributed by atoms with van der Waals surface area (Å²) in [5, 5.41) is 7.38. The molecule has 0 bridgehead atoms. The number of anilines is 1. The van der Waals surface area contributed by atoms with Gasteiger partial charge >= 0.3 is 0 Å². The number of nitrogens with one attached hydrogen (secondary N) is 1. The number of hydrogen-bond acceptors (Lipinski definition) is 4. The van der Waals surface area contributed by atoms with Crippen molar-refractivity contribution in [3.8, 4) is 0 Å². The molecule has 0 aromatic carbocycles. The van der Waals surface area contributed by atoms with E-state index in [1.807, 2.05) is 6.92 Å². The van der Waals surface area contributed by atoms with E-state index in [1.54, 1.807) is 0 Å². The molecule has 1 aliphatic heterocycles. The predicted octanol–water partition coefficient (Wildman–Crippen LogP) is 1.09. The van der Waals surface area contributed by atoms with Crippen molar-refractivity contribution in [2.24, 2.45) is 0 Å². The SMILES string of the molecule is Cc1noc(N2CCNC(C)C2)c1C. The number of nitrogens with zero attached hydrogens (tertiary/aromatic N) is 2.